The van der Waals surface area contributed by atoms with Crippen molar-refractivity contribution in [3.63, 3.8) is 0 Å². The quantitative estimate of drug-likeness (QED) is 0.515. The van der Waals surface area contributed by atoms with Crippen LogP contribution in [0.15, 0.2) is 0 Å². The van der Waals surface area contributed by atoms with E-state index >= 15 is 0 Å². The van der Waals surface area contributed by atoms with Crippen LogP contribution < -0.4 is 0 Å². The van der Waals surface area contributed by atoms with E-state index in [9.17, 15) is 0 Å². The maximum absolute atomic E-state index is 8.24. The maximum atomic E-state index is 8.24. The van der Waals surface area contributed by atoms with E-state index in [1.807, 2.05) is 13.8 Å². The van der Waals surface area contributed by atoms with Gasteiger partial charge in [-0.05, 0) is 12.8 Å². The van der Waals surface area contributed by atoms with Crippen molar-refractivity contribution in [2.45, 2.75) is 26.7 Å². The van der Waals surface area contributed by atoms with Gasteiger partial charge in [0, 0.05) is 0 Å². The number of nitriles is 1. The van der Waals surface area contributed by atoms with Crippen molar-refractivity contribution in [3.05, 3.63) is 5.92 Å². The molecule has 0 atom stereocenters. The fraction of sp³-hybridized carbons (Fsp3) is 0.667. The van der Waals surface area contributed by atoms with E-state index in [1.165, 1.54) is 0 Å². The minimum atomic E-state index is 0.910. The average molecular weight is 96.2 g/mol. The van der Waals surface area contributed by atoms with Gasteiger partial charge in [0.05, 0.1) is 12.0 Å². The van der Waals surface area contributed by atoms with Crippen LogP contribution in [-0.4, -0.2) is 0 Å². The third-order valence-electron chi connectivity index (χ3n) is 1.01. The lowest BCUT2D eigenvalue weighted by atomic mass is 10.1. The standard InChI is InChI=1S/C6H10N/c1-3-6(4-2)5-7/h3-4H2,1-2H3. The number of nitrogens with zero attached hydrogens (tertiary/aromatic N) is 1. The molecule has 0 heterocycles. The Hall–Kier alpha value is -0.510. The Bertz CT molecular complexity index is 66.7. The van der Waals surface area contributed by atoms with Crippen LogP contribution in [0.4, 0.5) is 0 Å². The Kier molecular flexibility index (Phi) is 3.40. The Labute approximate surface area is 45.0 Å². The third kappa shape index (κ3) is 2.22. The van der Waals surface area contributed by atoms with Gasteiger partial charge in [-0.1, -0.05) is 13.8 Å². The summed E-state index contributed by atoms with van der Waals surface area (Å²) in [5.74, 6) is 0.986. The summed E-state index contributed by atoms with van der Waals surface area (Å²) in [5, 5.41) is 8.24. The van der Waals surface area contributed by atoms with Crippen molar-refractivity contribution in [3.8, 4) is 6.07 Å². The molecule has 0 aliphatic carbocycles. The molecule has 0 aromatic heterocycles. The SMILES string of the molecule is CC[C](C#N)CC. The Morgan fingerprint density at radius 1 is 1.43 bits per heavy atom. The van der Waals surface area contributed by atoms with Gasteiger partial charge in [-0.25, -0.2) is 0 Å². The Balaban J connectivity index is 3.23. The lowest BCUT2D eigenvalue weighted by molar-refractivity contribution is 0.879. The van der Waals surface area contributed by atoms with Gasteiger partial charge in [0.15, 0.2) is 0 Å². The van der Waals surface area contributed by atoms with Crippen LogP contribution in [0.3, 0.4) is 0 Å². The molecule has 0 fully saturated rings. The average Bonchev–Trinajstić information content (AvgIpc) is 1.72. The zero-order chi connectivity index (χ0) is 5.70. The Morgan fingerprint density at radius 3 is 1.86 bits per heavy atom. The first kappa shape index (κ1) is 6.49. The molecule has 0 unspecified atom stereocenters. The highest BCUT2D eigenvalue weighted by molar-refractivity contribution is 5.08. The lowest BCUT2D eigenvalue weighted by Gasteiger charge is -1.94. The van der Waals surface area contributed by atoms with Gasteiger partial charge in [-0.2, -0.15) is 5.26 Å². The number of rotatable bonds is 2. The van der Waals surface area contributed by atoms with E-state index < -0.39 is 0 Å². The highest BCUT2D eigenvalue weighted by Crippen LogP contribution is 2.06. The molecule has 0 aromatic rings. The summed E-state index contributed by atoms with van der Waals surface area (Å²) >= 11 is 0. The second-order valence-corrected chi connectivity index (χ2v) is 1.42. The first-order valence-corrected chi connectivity index (χ1v) is 2.59. The molecule has 1 nitrogen and oxygen atoms in total. The van der Waals surface area contributed by atoms with Crippen molar-refractivity contribution >= 4 is 0 Å². The van der Waals surface area contributed by atoms with Gasteiger partial charge in [-0.15, -0.1) is 0 Å². The second kappa shape index (κ2) is 3.67. The van der Waals surface area contributed by atoms with Crippen molar-refractivity contribution in [1.82, 2.24) is 0 Å². The zero-order valence-electron chi connectivity index (χ0n) is 4.86. The summed E-state index contributed by atoms with van der Waals surface area (Å²) in [6, 6.07) is 2.12. The topological polar surface area (TPSA) is 23.8 Å². The van der Waals surface area contributed by atoms with Gasteiger partial charge in [0.2, 0.25) is 0 Å². The molecular weight excluding hydrogens is 86.1 g/mol. The minimum Gasteiger partial charge on any atom is -0.198 e. The molecule has 0 aliphatic heterocycles. The van der Waals surface area contributed by atoms with Crippen LogP contribution in [0.2, 0.25) is 0 Å². The summed E-state index contributed by atoms with van der Waals surface area (Å²) < 4.78 is 0. The zero-order valence-corrected chi connectivity index (χ0v) is 4.86. The normalized spacial score (nSPS) is 8.86. The van der Waals surface area contributed by atoms with Gasteiger partial charge in [0.25, 0.3) is 0 Å². The first-order chi connectivity index (χ1) is 3.35. The van der Waals surface area contributed by atoms with Crippen LogP contribution >= 0.6 is 0 Å². The fourth-order valence-corrected chi connectivity index (χ4v) is 0.408. The van der Waals surface area contributed by atoms with E-state index in [-0.39, 0.29) is 0 Å². The van der Waals surface area contributed by atoms with Crippen LogP contribution in [0, 0.1) is 17.2 Å². The summed E-state index contributed by atoms with van der Waals surface area (Å²) in [7, 11) is 0. The van der Waals surface area contributed by atoms with E-state index in [4.69, 9.17) is 5.26 Å². The molecule has 0 bridgehead atoms. The van der Waals surface area contributed by atoms with E-state index in [0.717, 1.165) is 18.8 Å². The predicted molar refractivity (Wildman–Crippen MR) is 29.4 cm³/mol. The summed E-state index contributed by atoms with van der Waals surface area (Å²) in [6.07, 6.45) is 1.82. The fourth-order valence-electron chi connectivity index (χ4n) is 0.408. The van der Waals surface area contributed by atoms with Crippen LogP contribution in [-0.2, 0) is 0 Å². The monoisotopic (exact) mass is 96.1 g/mol. The molecule has 0 aliphatic rings. The summed E-state index contributed by atoms with van der Waals surface area (Å²) in [5.41, 5.74) is 0. The van der Waals surface area contributed by atoms with Crippen LogP contribution in [0.5, 0.6) is 0 Å². The van der Waals surface area contributed by atoms with Gasteiger partial charge in [-0.3, -0.25) is 0 Å². The highest BCUT2D eigenvalue weighted by atomic mass is 14.3. The largest absolute Gasteiger partial charge is 0.198 e. The van der Waals surface area contributed by atoms with Gasteiger partial charge < -0.3 is 0 Å². The van der Waals surface area contributed by atoms with E-state index in [2.05, 4.69) is 6.07 Å². The molecule has 1 heteroatoms. The van der Waals surface area contributed by atoms with Crippen molar-refractivity contribution in [2.24, 2.45) is 0 Å². The smallest absolute Gasteiger partial charge is 0.0754 e. The predicted octanol–water partition coefficient (Wildman–Crippen LogP) is 1.90. The maximum Gasteiger partial charge on any atom is 0.0754 e. The second-order valence-electron chi connectivity index (χ2n) is 1.42. The molecule has 0 saturated heterocycles. The highest BCUT2D eigenvalue weighted by Gasteiger charge is 1.97. The Morgan fingerprint density at radius 2 is 1.86 bits per heavy atom. The molecule has 0 N–H and O–H groups in total. The summed E-state index contributed by atoms with van der Waals surface area (Å²) in [6.45, 7) is 4.00. The molecule has 0 aromatic carbocycles. The number of hydrogen-bond acceptors (Lipinski definition) is 1. The van der Waals surface area contributed by atoms with Crippen LogP contribution in [0.1, 0.15) is 26.7 Å². The van der Waals surface area contributed by atoms with Gasteiger partial charge >= 0.3 is 0 Å². The van der Waals surface area contributed by atoms with Gasteiger partial charge in [0.1, 0.15) is 0 Å². The molecule has 39 valence electrons. The van der Waals surface area contributed by atoms with Crippen molar-refractivity contribution < 1.29 is 0 Å². The van der Waals surface area contributed by atoms with E-state index in [0.29, 0.717) is 0 Å². The molecule has 0 spiro atoms. The minimum absolute atomic E-state index is 0.910. The van der Waals surface area contributed by atoms with E-state index in [1.54, 1.807) is 0 Å². The lowest BCUT2D eigenvalue weighted by Crippen LogP contribution is -1.85. The van der Waals surface area contributed by atoms with Crippen molar-refractivity contribution in [2.75, 3.05) is 0 Å². The molecule has 7 heavy (non-hydrogen) atoms. The molecular formula is C6H10N. The van der Waals surface area contributed by atoms with Crippen molar-refractivity contribution in [1.29, 1.82) is 5.26 Å². The first-order valence-electron chi connectivity index (χ1n) is 2.59. The molecule has 0 saturated carbocycles. The molecule has 1 radical (unpaired) electrons. The third-order valence-corrected chi connectivity index (χ3v) is 1.01. The molecule has 0 rings (SSSR count). The molecule has 0 amide bonds. The number of hydrogen-bond donors (Lipinski definition) is 0. The van der Waals surface area contributed by atoms with Crippen LogP contribution in [0.25, 0.3) is 0 Å². The summed E-state index contributed by atoms with van der Waals surface area (Å²) in [4.78, 5) is 0.